The molecule has 1 heterocycles. The van der Waals surface area contributed by atoms with Crippen molar-refractivity contribution in [3.63, 3.8) is 0 Å². The third kappa shape index (κ3) is 3.59. The second kappa shape index (κ2) is 5.91. The van der Waals surface area contributed by atoms with Gasteiger partial charge in [0.25, 0.3) is 0 Å². The molecule has 0 bridgehead atoms. The van der Waals surface area contributed by atoms with E-state index in [1.54, 1.807) is 6.26 Å². The van der Waals surface area contributed by atoms with Crippen LogP contribution in [0.4, 0.5) is 0 Å². The van der Waals surface area contributed by atoms with Crippen LogP contribution in [0.3, 0.4) is 0 Å². The summed E-state index contributed by atoms with van der Waals surface area (Å²) >= 11 is 0. The van der Waals surface area contributed by atoms with Crippen LogP contribution >= 0.6 is 0 Å². The van der Waals surface area contributed by atoms with E-state index in [1.165, 1.54) is 0 Å². The predicted octanol–water partition coefficient (Wildman–Crippen LogP) is 1.83. The van der Waals surface area contributed by atoms with Gasteiger partial charge in [0, 0.05) is 18.4 Å². The van der Waals surface area contributed by atoms with Gasteiger partial charge >= 0.3 is 5.97 Å². The monoisotopic (exact) mass is 265 g/mol. The minimum atomic E-state index is -0.793. The molecule has 3 atom stereocenters. The molecule has 1 amide bonds. The van der Waals surface area contributed by atoms with Gasteiger partial charge in [-0.1, -0.05) is 0 Å². The number of hydrogen-bond donors (Lipinski definition) is 2. The van der Waals surface area contributed by atoms with Gasteiger partial charge < -0.3 is 14.8 Å². The average Bonchev–Trinajstić information content (AvgIpc) is 2.98. The molecule has 1 saturated carbocycles. The summed E-state index contributed by atoms with van der Waals surface area (Å²) in [6.45, 7) is 1.92. The van der Waals surface area contributed by atoms with Gasteiger partial charge in [0.15, 0.2) is 0 Å². The number of carboxylic acid groups (broad SMARTS) is 1. The minimum absolute atomic E-state index is 0.0115. The van der Waals surface area contributed by atoms with Crippen molar-refractivity contribution in [2.24, 2.45) is 11.8 Å². The van der Waals surface area contributed by atoms with Crippen molar-refractivity contribution in [2.75, 3.05) is 0 Å². The normalized spacial score (nSPS) is 24.1. The molecule has 0 radical (unpaired) electrons. The Morgan fingerprint density at radius 2 is 2.21 bits per heavy atom. The van der Waals surface area contributed by atoms with Crippen LogP contribution in [0.5, 0.6) is 0 Å². The Morgan fingerprint density at radius 3 is 2.79 bits per heavy atom. The second-order valence-corrected chi connectivity index (χ2v) is 5.24. The maximum Gasteiger partial charge on any atom is 0.306 e. The van der Waals surface area contributed by atoms with Gasteiger partial charge in [0.2, 0.25) is 5.91 Å². The zero-order valence-corrected chi connectivity index (χ0v) is 11.0. The van der Waals surface area contributed by atoms with Crippen LogP contribution in [0.25, 0.3) is 0 Å². The maximum atomic E-state index is 12.0. The summed E-state index contributed by atoms with van der Waals surface area (Å²) in [4.78, 5) is 22.9. The molecule has 1 fully saturated rings. The Hall–Kier alpha value is -1.78. The number of nitrogens with one attached hydrogen (secondary N) is 1. The number of furan rings is 1. The van der Waals surface area contributed by atoms with E-state index in [1.807, 2.05) is 19.1 Å². The summed E-state index contributed by atoms with van der Waals surface area (Å²) < 4.78 is 5.23. The van der Waals surface area contributed by atoms with Crippen molar-refractivity contribution in [3.05, 3.63) is 24.2 Å². The molecule has 0 spiro atoms. The highest BCUT2D eigenvalue weighted by molar-refractivity contribution is 5.81. The maximum absolute atomic E-state index is 12.0. The Labute approximate surface area is 112 Å². The molecule has 19 heavy (non-hydrogen) atoms. The van der Waals surface area contributed by atoms with Crippen LogP contribution in [0.15, 0.2) is 22.8 Å². The molecule has 5 nitrogen and oxygen atoms in total. The summed E-state index contributed by atoms with van der Waals surface area (Å²) in [6, 6.07) is 3.68. The minimum Gasteiger partial charge on any atom is -0.481 e. The molecule has 1 aliphatic carbocycles. The zero-order valence-electron chi connectivity index (χ0n) is 11.0. The van der Waals surface area contributed by atoms with Crippen molar-refractivity contribution in [2.45, 2.75) is 38.6 Å². The SMILES string of the molecule is CC(Cc1ccco1)NC(=O)[C@@H]1CC[C@H](C(=O)O)C1. The van der Waals surface area contributed by atoms with E-state index < -0.39 is 5.97 Å². The van der Waals surface area contributed by atoms with Crippen LogP contribution < -0.4 is 5.32 Å². The van der Waals surface area contributed by atoms with Gasteiger partial charge in [-0.25, -0.2) is 0 Å². The fraction of sp³-hybridized carbons (Fsp3) is 0.571. The van der Waals surface area contributed by atoms with E-state index in [-0.39, 0.29) is 23.8 Å². The van der Waals surface area contributed by atoms with Gasteiger partial charge in [-0.2, -0.15) is 0 Å². The number of hydrogen-bond acceptors (Lipinski definition) is 3. The zero-order chi connectivity index (χ0) is 13.8. The van der Waals surface area contributed by atoms with Crippen LogP contribution in [0.1, 0.15) is 31.9 Å². The lowest BCUT2D eigenvalue weighted by Crippen LogP contribution is -2.37. The van der Waals surface area contributed by atoms with E-state index in [4.69, 9.17) is 9.52 Å². The summed E-state index contributed by atoms with van der Waals surface area (Å²) in [5.41, 5.74) is 0. The van der Waals surface area contributed by atoms with Crippen LogP contribution in [-0.4, -0.2) is 23.0 Å². The Bertz CT molecular complexity index is 440. The fourth-order valence-corrected chi connectivity index (χ4v) is 2.59. The van der Waals surface area contributed by atoms with E-state index in [9.17, 15) is 9.59 Å². The first-order valence-electron chi connectivity index (χ1n) is 6.62. The number of rotatable bonds is 5. The second-order valence-electron chi connectivity index (χ2n) is 5.24. The molecule has 0 saturated heterocycles. The number of carboxylic acids is 1. The van der Waals surface area contributed by atoms with Crippen molar-refractivity contribution in [1.29, 1.82) is 0 Å². The van der Waals surface area contributed by atoms with E-state index in [0.29, 0.717) is 25.7 Å². The Balaban J connectivity index is 1.79. The number of carbonyl (C=O) groups excluding carboxylic acids is 1. The standard InChI is InChI=1S/C14H19NO4/c1-9(7-12-3-2-6-19-12)15-13(16)10-4-5-11(8-10)14(17)18/h2-3,6,9-11H,4-5,7-8H2,1H3,(H,15,16)(H,17,18)/t9?,10-,11+/m1/s1. The van der Waals surface area contributed by atoms with Crippen LogP contribution in [-0.2, 0) is 16.0 Å². The van der Waals surface area contributed by atoms with Crippen LogP contribution in [0.2, 0.25) is 0 Å². The summed E-state index contributed by atoms with van der Waals surface area (Å²) in [5, 5.41) is 11.8. The van der Waals surface area contributed by atoms with Crippen LogP contribution in [0, 0.1) is 11.8 Å². The third-order valence-electron chi connectivity index (χ3n) is 3.63. The first-order valence-corrected chi connectivity index (χ1v) is 6.62. The predicted molar refractivity (Wildman–Crippen MR) is 68.5 cm³/mol. The van der Waals surface area contributed by atoms with Crippen molar-refractivity contribution in [1.82, 2.24) is 5.32 Å². The van der Waals surface area contributed by atoms with E-state index >= 15 is 0 Å². The molecule has 5 heteroatoms. The third-order valence-corrected chi connectivity index (χ3v) is 3.63. The average molecular weight is 265 g/mol. The lowest BCUT2D eigenvalue weighted by Gasteiger charge is -2.16. The highest BCUT2D eigenvalue weighted by Gasteiger charge is 2.34. The van der Waals surface area contributed by atoms with E-state index in [2.05, 4.69) is 5.32 Å². The topological polar surface area (TPSA) is 79.5 Å². The first-order chi connectivity index (χ1) is 9.06. The number of carbonyl (C=O) groups is 2. The molecule has 2 N–H and O–H groups in total. The molecule has 104 valence electrons. The molecule has 1 aromatic heterocycles. The van der Waals surface area contributed by atoms with Gasteiger partial charge in [-0.3, -0.25) is 9.59 Å². The number of amides is 1. The van der Waals surface area contributed by atoms with Crippen molar-refractivity contribution in [3.8, 4) is 0 Å². The van der Waals surface area contributed by atoms with Crippen molar-refractivity contribution >= 4 is 11.9 Å². The molecule has 2 rings (SSSR count). The van der Waals surface area contributed by atoms with Gasteiger partial charge in [-0.15, -0.1) is 0 Å². The largest absolute Gasteiger partial charge is 0.481 e. The van der Waals surface area contributed by atoms with Gasteiger partial charge in [-0.05, 0) is 38.3 Å². The Morgan fingerprint density at radius 1 is 1.47 bits per heavy atom. The lowest BCUT2D eigenvalue weighted by atomic mass is 10.0. The summed E-state index contributed by atoms with van der Waals surface area (Å²) in [6.07, 6.45) is 3.97. The molecular weight excluding hydrogens is 246 g/mol. The van der Waals surface area contributed by atoms with Gasteiger partial charge in [0.1, 0.15) is 5.76 Å². The van der Waals surface area contributed by atoms with Crippen molar-refractivity contribution < 1.29 is 19.1 Å². The first kappa shape index (κ1) is 13.6. The van der Waals surface area contributed by atoms with Gasteiger partial charge in [0.05, 0.1) is 12.2 Å². The molecule has 1 aromatic rings. The molecular formula is C14H19NO4. The molecule has 0 aromatic carbocycles. The highest BCUT2D eigenvalue weighted by Crippen LogP contribution is 2.31. The molecule has 0 aliphatic heterocycles. The smallest absolute Gasteiger partial charge is 0.306 e. The fourth-order valence-electron chi connectivity index (χ4n) is 2.59. The Kier molecular flexibility index (Phi) is 4.24. The molecule has 1 unspecified atom stereocenters. The van der Waals surface area contributed by atoms with E-state index in [0.717, 1.165) is 5.76 Å². The highest BCUT2D eigenvalue weighted by atomic mass is 16.4. The lowest BCUT2D eigenvalue weighted by molar-refractivity contribution is -0.141. The molecule has 1 aliphatic rings. The quantitative estimate of drug-likeness (QED) is 0.851. The summed E-state index contributed by atoms with van der Waals surface area (Å²) in [7, 11) is 0. The summed E-state index contributed by atoms with van der Waals surface area (Å²) in [5.74, 6) is -0.527. The number of aliphatic carboxylic acids is 1.